The molecule has 1 aliphatic rings. The van der Waals surface area contributed by atoms with Crippen molar-refractivity contribution in [3.63, 3.8) is 0 Å². The zero-order chi connectivity index (χ0) is 27.8. The lowest BCUT2D eigenvalue weighted by molar-refractivity contribution is -0.592. The van der Waals surface area contributed by atoms with Crippen molar-refractivity contribution >= 4 is 17.0 Å². The molecule has 0 saturated carbocycles. The SMILES string of the molecule is COc1ccc2c(c1)oc(CCNC(=O)CCCN1CCN(Cc3ccc(OC)c(OC)c3OC)CC1)[n+]2[O-]. The summed E-state index contributed by atoms with van der Waals surface area (Å²) in [5, 5.41) is 15.3. The molecule has 0 radical (unpaired) electrons. The first-order chi connectivity index (χ1) is 19.0. The van der Waals surface area contributed by atoms with Crippen LogP contribution in [0.15, 0.2) is 34.7 Å². The number of hydrogen-bond donors (Lipinski definition) is 1. The van der Waals surface area contributed by atoms with Gasteiger partial charge in [-0.1, -0.05) is 6.07 Å². The second-order valence-electron chi connectivity index (χ2n) is 9.44. The highest BCUT2D eigenvalue weighted by atomic mass is 16.5. The van der Waals surface area contributed by atoms with Crippen LogP contribution in [0.4, 0.5) is 0 Å². The van der Waals surface area contributed by atoms with Crippen molar-refractivity contribution in [2.24, 2.45) is 0 Å². The minimum Gasteiger partial charge on any atom is -0.616 e. The molecule has 0 aliphatic carbocycles. The van der Waals surface area contributed by atoms with E-state index in [1.54, 1.807) is 46.6 Å². The number of nitrogens with zero attached hydrogens (tertiary/aromatic N) is 3. The van der Waals surface area contributed by atoms with Gasteiger partial charge >= 0.3 is 5.89 Å². The largest absolute Gasteiger partial charge is 0.616 e. The monoisotopic (exact) mass is 542 g/mol. The van der Waals surface area contributed by atoms with E-state index in [9.17, 15) is 10.0 Å². The quantitative estimate of drug-likeness (QED) is 0.257. The number of methoxy groups -OCH3 is 4. The van der Waals surface area contributed by atoms with E-state index in [2.05, 4.69) is 15.1 Å². The summed E-state index contributed by atoms with van der Waals surface area (Å²) in [6, 6.07) is 8.99. The molecule has 2 aromatic carbocycles. The number of aromatic nitrogens is 1. The summed E-state index contributed by atoms with van der Waals surface area (Å²) in [5.74, 6) is 2.83. The van der Waals surface area contributed by atoms with Crippen LogP contribution < -0.4 is 29.0 Å². The number of ether oxygens (including phenoxy) is 4. The molecule has 39 heavy (non-hydrogen) atoms. The summed E-state index contributed by atoms with van der Waals surface area (Å²) in [6.45, 7) is 5.73. The molecule has 1 N–H and O–H groups in total. The summed E-state index contributed by atoms with van der Waals surface area (Å²) in [5.41, 5.74) is 1.97. The Morgan fingerprint density at radius 3 is 2.41 bits per heavy atom. The van der Waals surface area contributed by atoms with Crippen molar-refractivity contribution in [1.82, 2.24) is 15.1 Å². The van der Waals surface area contributed by atoms with E-state index >= 15 is 0 Å². The molecule has 0 unspecified atom stereocenters. The zero-order valence-electron chi connectivity index (χ0n) is 23.2. The van der Waals surface area contributed by atoms with E-state index in [-0.39, 0.29) is 11.8 Å². The van der Waals surface area contributed by atoms with Gasteiger partial charge in [0.1, 0.15) is 5.75 Å². The minimum absolute atomic E-state index is 0.0237. The molecule has 11 heteroatoms. The van der Waals surface area contributed by atoms with Crippen LogP contribution in [0, 0.1) is 5.21 Å². The number of carbonyl (C=O) groups excluding carboxylic acids is 1. The van der Waals surface area contributed by atoms with Gasteiger partial charge in [0.15, 0.2) is 11.5 Å². The van der Waals surface area contributed by atoms with Gasteiger partial charge in [-0.05, 0) is 25.1 Å². The molecule has 11 nitrogen and oxygen atoms in total. The predicted octanol–water partition coefficient (Wildman–Crippen LogP) is 2.36. The van der Waals surface area contributed by atoms with E-state index in [0.717, 1.165) is 56.0 Å². The fraction of sp³-hybridized carbons (Fsp3) is 0.500. The number of amides is 1. The molecule has 2 heterocycles. The lowest BCUT2D eigenvalue weighted by atomic mass is 10.1. The summed E-state index contributed by atoms with van der Waals surface area (Å²) >= 11 is 0. The number of piperazine rings is 1. The molecular formula is C28H38N4O7. The molecule has 1 amide bonds. The van der Waals surface area contributed by atoms with Gasteiger partial charge in [0.2, 0.25) is 17.2 Å². The van der Waals surface area contributed by atoms with Crippen molar-refractivity contribution in [2.75, 3.05) is 67.7 Å². The Labute approximate surface area is 228 Å². The zero-order valence-corrected chi connectivity index (χ0v) is 23.2. The van der Waals surface area contributed by atoms with E-state index in [4.69, 9.17) is 23.4 Å². The maximum Gasteiger partial charge on any atom is 0.361 e. The third-order valence-electron chi connectivity index (χ3n) is 7.02. The highest BCUT2D eigenvalue weighted by Gasteiger charge is 2.22. The number of fused-ring (bicyclic) bond motifs is 1. The number of carbonyl (C=O) groups is 1. The number of hydrogen-bond acceptors (Lipinski definition) is 9. The predicted molar refractivity (Wildman–Crippen MR) is 145 cm³/mol. The summed E-state index contributed by atoms with van der Waals surface area (Å²) in [4.78, 5) is 17.1. The van der Waals surface area contributed by atoms with Crippen molar-refractivity contribution in [3.8, 4) is 23.0 Å². The van der Waals surface area contributed by atoms with E-state index in [1.165, 1.54) is 0 Å². The number of nitrogens with one attached hydrogen (secondary N) is 1. The van der Waals surface area contributed by atoms with Crippen LogP contribution in [0.25, 0.3) is 11.1 Å². The normalized spacial score (nSPS) is 14.4. The van der Waals surface area contributed by atoms with Crippen LogP contribution in [-0.4, -0.2) is 83.4 Å². The summed E-state index contributed by atoms with van der Waals surface area (Å²) < 4.78 is 28.1. The van der Waals surface area contributed by atoms with Crippen molar-refractivity contribution in [3.05, 3.63) is 47.0 Å². The van der Waals surface area contributed by atoms with Crippen LogP contribution >= 0.6 is 0 Å². The van der Waals surface area contributed by atoms with Crippen LogP contribution in [-0.2, 0) is 17.8 Å². The molecule has 1 saturated heterocycles. The summed E-state index contributed by atoms with van der Waals surface area (Å²) in [6.07, 6.45) is 1.54. The first kappa shape index (κ1) is 28.3. The first-order valence-corrected chi connectivity index (χ1v) is 13.2. The third-order valence-corrected chi connectivity index (χ3v) is 7.02. The van der Waals surface area contributed by atoms with Gasteiger partial charge in [-0.3, -0.25) is 9.69 Å². The van der Waals surface area contributed by atoms with E-state index < -0.39 is 0 Å². The highest BCUT2D eigenvalue weighted by Crippen LogP contribution is 2.40. The molecule has 1 fully saturated rings. The average Bonchev–Trinajstić information content (AvgIpc) is 3.27. The Morgan fingerprint density at radius 1 is 0.974 bits per heavy atom. The third kappa shape index (κ3) is 6.85. The smallest absolute Gasteiger partial charge is 0.361 e. The Hall–Kier alpha value is -3.70. The van der Waals surface area contributed by atoms with Crippen LogP contribution in [0.5, 0.6) is 23.0 Å². The maximum atomic E-state index is 12.4. The van der Waals surface area contributed by atoms with Gasteiger partial charge in [0.05, 0.1) is 34.9 Å². The van der Waals surface area contributed by atoms with E-state index in [0.29, 0.717) is 53.5 Å². The van der Waals surface area contributed by atoms with Crippen molar-refractivity contribution in [2.45, 2.75) is 25.8 Å². The van der Waals surface area contributed by atoms with Gasteiger partial charge in [-0.2, -0.15) is 0 Å². The molecule has 0 spiro atoms. The average molecular weight is 543 g/mol. The second-order valence-corrected chi connectivity index (χ2v) is 9.44. The van der Waals surface area contributed by atoms with Gasteiger partial charge in [0, 0.05) is 63.4 Å². The molecular weight excluding hydrogens is 504 g/mol. The fourth-order valence-corrected chi connectivity index (χ4v) is 4.89. The standard InChI is InChI=1S/C28H38N4O7/c1-35-21-8-9-22-24(18-21)39-26(32(22)34)11-12-29-25(33)6-5-13-30-14-16-31(17-15-30)19-20-7-10-23(36-2)28(38-4)27(20)37-3/h7-10,18H,5-6,11-17,19H2,1-4H3,(H,29,33). The van der Waals surface area contributed by atoms with Crippen molar-refractivity contribution in [1.29, 1.82) is 0 Å². The molecule has 0 atom stereocenters. The Kier molecular flexibility index (Phi) is 9.72. The van der Waals surface area contributed by atoms with Gasteiger partial charge in [0.25, 0.3) is 5.52 Å². The van der Waals surface area contributed by atoms with Gasteiger partial charge in [-0.15, -0.1) is 4.73 Å². The lowest BCUT2D eigenvalue weighted by Gasteiger charge is -2.35. The number of oxazole rings is 1. The van der Waals surface area contributed by atoms with Gasteiger partial charge in [-0.25, -0.2) is 0 Å². The molecule has 1 aromatic heterocycles. The van der Waals surface area contributed by atoms with Crippen LogP contribution in [0.2, 0.25) is 0 Å². The molecule has 0 bridgehead atoms. The Balaban J connectivity index is 1.15. The lowest BCUT2D eigenvalue weighted by Crippen LogP contribution is -2.46. The number of benzene rings is 2. The second kappa shape index (κ2) is 13.4. The topological polar surface area (TPSA) is 113 Å². The minimum atomic E-state index is -0.0237. The summed E-state index contributed by atoms with van der Waals surface area (Å²) in [7, 11) is 6.43. The Morgan fingerprint density at radius 2 is 1.72 bits per heavy atom. The molecule has 4 rings (SSSR count). The van der Waals surface area contributed by atoms with Crippen LogP contribution in [0.1, 0.15) is 24.3 Å². The molecule has 1 aliphatic heterocycles. The van der Waals surface area contributed by atoms with E-state index in [1.807, 2.05) is 12.1 Å². The molecule has 3 aromatic rings. The first-order valence-electron chi connectivity index (χ1n) is 13.2. The molecule has 212 valence electrons. The highest BCUT2D eigenvalue weighted by molar-refractivity contribution is 5.75. The van der Waals surface area contributed by atoms with Gasteiger partial charge < -0.3 is 38.8 Å². The maximum absolute atomic E-state index is 12.4. The fourth-order valence-electron chi connectivity index (χ4n) is 4.89. The Bertz CT molecular complexity index is 1250. The van der Waals surface area contributed by atoms with Crippen LogP contribution in [0.3, 0.4) is 0 Å². The number of rotatable bonds is 13. The van der Waals surface area contributed by atoms with Crippen molar-refractivity contribution < 1.29 is 32.9 Å².